The van der Waals surface area contributed by atoms with Crippen LogP contribution in [-0.4, -0.2) is 7.11 Å². The SMILES string of the molecule is CCc1cc2c(OC)ccc(N=Nc3cccs3)c2s1. The maximum atomic E-state index is 5.43. The Balaban J connectivity index is 2.09. The first-order valence-electron chi connectivity index (χ1n) is 6.36. The standard InChI is InChI=1S/C15H14N2OS2/c1-3-10-9-11-13(18-2)7-6-12(15(11)20-10)16-17-14-5-4-8-19-14/h4-9H,3H2,1-2H3. The highest BCUT2D eigenvalue weighted by atomic mass is 32.1. The van der Waals surface area contributed by atoms with Crippen molar-refractivity contribution in [2.45, 2.75) is 13.3 Å². The predicted octanol–water partition coefficient (Wildman–Crippen LogP) is 5.95. The van der Waals surface area contributed by atoms with Gasteiger partial charge in [0.2, 0.25) is 0 Å². The maximum absolute atomic E-state index is 5.43. The maximum Gasteiger partial charge on any atom is 0.138 e. The number of nitrogens with zero attached hydrogens (tertiary/aromatic N) is 2. The number of methoxy groups -OCH3 is 1. The molecule has 5 heteroatoms. The summed E-state index contributed by atoms with van der Waals surface area (Å²) < 4.78 is 6.57. The van der Waals surface area contributed by atoms with E-state index in [1.165, 1.54) is 4.88 Å². The minimum atomic E-state index is 0.894. The minimum absolute atomic E-state index is 0.894. The lowest BCUT2D eigenvalue weighted by atomic mass is 10.2. The molecule has 3 nitrogen and oxygen atoms in total. The third-order valence-electron chi connectivity index (χ3n) is 3.00. The van der Waals surface area contributed by atoms with Gasteiger partial charge in [0, 0.05) is 10.3 Å². The molecule has 0 aliphatic carbocycles. The van der Waals surface area contributed by atoms with Gasteiger partial charge in [-0.15, -0.1) is 32.9 Å². The van der Waals surface area contributed by atoms with Gasteiger partial charge in [-0.25, -0.2) is 0 Å². The Hall–Kier alpha value is -1.72. The molecular weight excluding hydrogens is 288 g/mol. The van der Waals surface area contributed by atoms with Gasteiger partial charge in [-0.05, 0) is 42.1 Å². The molecule has 0 bridgehead atoms. The summed E-state index contributed by atoms with van der Waals surface area (Å²) in [5.41, 5.74) is 0.902. The molecule has 0 aliphatic heterocycles. The van der Waals surface area contributed by atoms with E-state index in [0.29, 0.717) is 0 Å². The van der Waals surface area contributed by atoms with Crippen molar-refractivity contribution in [1.82, 2.24) is 0 Å². The molecule has 2 heterocycles. The van der Waals surface area contributed by atoms with Gasteiger partial charge >= 0.3 is 0 Å². The summed E-state index contributed by atoms with van der Waals surface area (Å²) in [5, 5.41) is 12.7. The molecule has 0 saturated heterocycles. The van der Waals surface area contributed by atoms with Crippen molar-refractivity contribution in [3.63, 3.8) is 0 Å². The van der Waals surface area contributed by atoms with Crippen LogP contribution in [0.1, 0.15) is 11.8 Å². The van der Waals surface area contributed by atoms with Crippen LogP contribution in [0.5, 0.6) is 5.75 Å². The van der Waals surface area contributed by atoms with Crippen LogP contribution in [0.3, 0.4) is 0 Å². The van der Waals surface area contributed by atoms with Crippen molar-refractivity contribution in [3.8, 4) is 5.75 Å². The van der Waals surface area contributed by atoms with E-state index in [0.717, 1.165) is 32.9 Å². The third kappa shape index (κ3) is 2.46. The molecule has 2 aromatic heterocycles. The van der Waals surface area contributed by atoms with Crippen molar-refractivity contribution < 1.29 is 4.74 Å². The predicted molar refractivity (Wildman–Crippen MR) is 86.3 cm³/mol. The number of rotatable bonds is 4. The summed E-state index contributed by atoms with van der Waals surface area (Å²) in [6.45, 7) is 2.16. The molecule has 0 unspecified atom stereocenters. The molecule has 20 heavy (non-hydrogen) atoms. The number of benzene rings is 1. The molecular formula is C15H14N2OS2. The van der Waals surface area contributed by atoms with E-state index in [4.69, 9.17) is 4.74 Å². The monoisotopic (exact) mass is 302 g/mol. The van der Waals surface area contributed by atoms with Crippen LogP contribution in [0.15, 0.2) is 45.9 Å². The second-order valence-electron chi connectivity index (χ2n) is 4.25. The van der Waals surface area contributed by atoms with E-state index >= 15 is 0 Å². The molecule has 0 aliphatic rings. The Morgan fingerprint density at radius 2 is 2.10 bits per heavy atom. The second-order valence-corrected chi connectivity index (χ2v) is 6.31. The highest BCUT2D eigenvalue weighted by molar-refractivity contribution is 7.19. The van der Waals surface area contributed by atoms with E-state index in [1.54, 1.807) is 29.8 Å². The van der Waals surface area contributed by atoms with Gasteiger partial charge in [-0.1, -0.05) is 6.92 Å². The van der Waals surface area contributed by atoms with Gasteiger partial charge < -0.3 is 4.74 Å². The third-order valence-corrected chi connectivity index (χ3v) is 5.06. The largest absolute Gasteiger partial charge is 0.496 e. The lowest BCUT2D eigenvalue weighted by Gasteiger charge is -2.02. The number of aryl methyl sites for hydroxylation is 1. The van der Waals surface area contributed by atoms with Crippen LogP contribution in [0.2, 0.25) is 0 Å². The molecule has 0 radical (unpaired) electrons. The van der Waals surface area contributed by atoms with Gasteiger partial charge in [0.25, 0.3) is 0 Å². The van der Waals surface area contributed by atoms with Gasteiger partial charge in [-0.2, -0.15) is 0 Å². The van der Waals surface area contributed by atoms with Crippen LogP contribution >= 0.6 is 22.7 Å². The van der Waals surface area contributed by atoms with Crippen LogP contribution < -0.4 is 4.74 Å². The molecule has 102 valence electrons. The smallest absolute Gasteiger partial charge is 0.138 e. The Bertz CT molecular complexity index is 745. The van der Waals surface area contributed by atoms with Crippen LogP contribution in [0, 0.1) is 0 Å². The molecule has 0 spiro atoms. The lowest BCUT2D eigenvalue weighted by molar-refractivity contribution is 0.420. The zero-order valence-electron chi connectivity index (χ0n) is 11.3. The average Bonchev–Trinajstić information content (AvgIpc) is 3.13. The molecule has 3 rings (SSSR count). The average molecular weight is 302 g/mol. The molecule has 0 saturated carbocycles. The first kappa shape index (κ1) is 13.3. The Labute approximate surface area is 125 Å². The summed E-state index contributed by atoms with van der Waals surface area (Å²) in [4.78, 5) is 1.33. The number of hydrogen-bond acceptors (Lipinski definition) is 5. The fourth-order valence-corrected chi connectivity index (χ4v) is 3.60. The van der Waals surface area contributed by atoms with Gasteiger partial charge in [-0.3, -0.25) is 0 Å². The normalized spacial score (nSPS) is 11.5. The van der Waals surface area contributed by atoms with Gasteiger partial charge in [0.05, 0.1) is 11.8 Å². The summed E-state index contributed by atoms with van der Waals surface area (Å²) >= 11 is 3.34. The Morgan fingerprint density at radius 1 is 1.20 bits per heavy atom. The summed E-state index contributed by atoms with van der Waals surface area (Å²) in [5.74, 6) is 0.894. The van der Waals surface area contributed by atoms with Crippen LogP contribution in [0.4, 0.5) is 10.7 Å². The van der Waals surface area contributed by atoms with Crippen molar-refractivity contribution in [2.75, 3.05) is 7.11 Å². The lowest BCUT2D eigenvalue weighted by Crippen LogP contribution is -1.82. The molecule has 0 atom stereocenters. The van der Waals surface area contributed by atoms with Crippen molar-refractivity contribution in [3.05, 3.63) is 40.6 Å². The second kappa shape index (κ2) is 5.73. The first-order valence-corrected chi connectivity index (χ1v) is 8.06. The number of azo groups is 1. The highest BCUT2D eigenvalue weighted by Gasteiger charge is 2.10. The number of fused-ring (bicyclic) bond motifs is 1. The molecule has 0 fully saturated rings. The summed E-state index contributed by atoms with van der Waals surface area (Å²) in [6.07, 6.45) is 1.02. The zero-order valence-corrected chi connectivity index (χ0v) is 12.9. The topological polar surface area (TPSA) is 34.0 Å². The van der Waals surface area contributed by atoms with E-state index < -0.39 is 0 Å². The number of hydrogen-bond donors (Lipinski definition) is 0. The van der Waals surface area contributed by atoms with Crippen molar-refractivity contribution >= 4 is 43.4 Å². The summed E-state index contributed by atoms with van der Waals surface area (Å²) in [7, 11) is 1.70. The van der Waals surface area contributed by atoms with Gasteiger partial charge in [0.15, 0.2) is 0 Å². The number of thiophene rings is 2. The summed E-state index contributed by atoms with van der Waals surface area (Å²) in [6, 6.07) is 10.0. The van der Waals surface area contributed by atoms with Crippen LogP contribution in [0.25, 0.3) is 10.1 Å². The van der Waals surface area contributed by atoms with E-state index in [1.807, 2.05) is 29.6 Å². The molecule has 0 N–H and O–H groups in total. The highest BCUT2D eigenvalue weighted by Crippen LogP contribution is 2.40. The zero-order chi connectivity index (χ0) is 13.9. The first-order chi connectivity index (χ1) is 9.81. The van der Waals surface area contributed by atoms with E-state index in [9.17, 15) is 0 Å². The fraction of sp³-hybridized carbons (Fsp3) is 0.200. The van der Waals surface area contributed by atoms with Crippen molar-refractivity contribution in [1.29, 1.82) is 0 Å². The van der Waals surface area contributed by atoms with E-state index in [-0.39, 0.29) is 0 Å². The number of ether oxygens (including phenoxy) is 1. The Kier molecular flexibility index (Phi) is 3.80. The fourth-order valence-electron chi connectivity index (χ4n) is 2.00. The quantitative estimate of drug-likeness (QED) is 0.548. The van der Waals surface area contributed by atoms with Gasteiger partial charge in [0.1, 0.15) is 16.4 Å². The van der Waals surface area contributed by atoms with E-state index in [2.05, 4.69) is 23.2 Å². The molecule has 1 aromatic carbocycles. The molecule has 3 aromatic rings. The molecule has 0 amide bonds. The minimum Gasteiger partial charge on any atom is -0.496 e. The Morgan fingerprint density at radius 3 is 2.80 bits per heavy atom. The van der Waals surface area contributed by atoms with Crippen molar-refractivity contribution in [2.24, 2.45) is 10.2 Å². The van der Waals surface area contributed by atoms with Crippen LogP contribution in [-0.2, 0) is 6.42 Å².